The Morgan fingerprint density at radius 3 is 2.54 bits per heavy atom. The molecule has 2 unspecified atom stereocenters. The van der Waals surface area contributed by atoms with E-state index in [9.17, 15) is 13.2 Å². The topological polar surface area (TPSA) is 57.7 Å². The van der Waals surface area contributed by atoms with Crippen LogP contribution in [0.1, 0.15) is 35.3 Å². The maximum Gasteiger partial charge on any atom is 0.269 e. The first-order valence-corrected chi connectivity index (χ1v) is 12.1. The summed E-state index contributed by atoms with van der Waals surface area (Å²) in [6.07, 6.45) is 0.581. The highest BCUT2D eigenvalue weighted by atomic mass is 32.2. The fraction of sp³-hybridized carbons (Fsp3) is 0.381. The largest absolute Gasteiger partial charge is 0.299 e. The van der Waals surface area contributed by atoms with Gasteiger partial charge in [-0.1, -0.05) is 42.5 Å². The van der Waals surface area contributed by atoms with Crippen LogP contribution < -0.4 is 0 Å². The van der Waals surface area contributed by atoms with Crippen LogP contribution in [0.5, 0.6) is 0 Å². The molecule has 0 aliphatic carbocycles. The van der Waals surface area contributed by atoms with Crippen LogP contribution in [0.3, 0.4) is 0 Å². The van der Waals surface area contributed by atoms with Crippen molar-refractivity contribution in [1.29, 1.82) is 0 Å². The molecule has 2 aromatic carbocycles. The van der Waals surface area contributed by atoms with E-state index in [0.717, 1.165) is 34.5 Å². The van der Waals surface area contributed by atoms with Crippen LogP contribution in [0.2, 0.25) is 0 Å². The van der Waals surface area contributed by atoms with E-state index in [0.29, 0.717) is 12.5 Å². The van der Waals surface area contributed by atoms with Gasteiger partial charge in [0.1, 0.15) is 4.90 Å². The lowest BCUT2D eigenvalue weighted by molar-refractivity contribution is 0.0816. The predicted octanol–water partition coefficient (Wildman–Crippen LogP) is 3.40. The van der Waals surface area contributed by atoms with E-state index in [2.05, 4.69) is 11.8 Å². The van der Waals surface area contributed by atoms with Gasteiger partial charge in [0.05, 0.1) is 11.6 Å². The van der Waals surface area contributed by atoms with Crippen molar-refractivity contribution in [3.8, 4) is 0 Å². The molecule has 2 aliphatic heterocycles. The molecular formula is C21H24N2O3S2. The Kier molecular flexibility index (Phi) is 5.49. The third-order valence-corrected chi connectivity index (χ3v) is 8.56. The fourth-order valence-corrected chi connectivity index (χ4v) is 6.84. The quantitative estimate of drug-likeness (QED) is 0.748. The number of nitrogens with zero attached hydrogens (tertiary/aromatic N) is 2. The molecule has 1 amide bonds. The van der Waals surface area contributed by atoms with Crippen LogP contribution in [0.25, 0.3) is 0 Å². The molecule has 0 saturated carbocycles. The summed E-state index contributed by atoms with van der Waals surface area (Å²) >= 11 is 1.95. The minimum absolute atomic E-state index is 0.115. The number of hydrogen-bond acceptors (Lipinski definition) is 5. The van der Waals surface area contributed by atoms with Crippen LogP contribution in [0.4, 0.5) is 0 Å². The summed E-state index contributed by atoms with van der Waals surface area (Å²) in [5.41, 5.74) is 1.12. The van der Waals surface area contributed by atoms with Gasteiger partial charge in [0.2, 0.25) is 0 Å². The van der Waals surface area contributed by atoms with Crippen molar-refractivity contribution in [3.05, 3.63) is 65.7 Å². The van der Waals surface area contributed by atoms with Crippen molar-refractivity contribution in [2.24, 2.45) is 0 Å². The summed E-state index contributed by atoms with van der Waals surface area (Å²) in [5.74, 6) is 1.75. The van der Waals surface area contributed by atoms with Gasteiger partial charge in [0, 0.05) is 30.6 Å². The number of hydrogen-bond donors (Lipinski definition) is 0. The van der Waals surface area contributed by atoms with Crippen molar-refractivity contribution >= 4 is 27.7 Å². The van der Waals surface area contributed by atoms with Crippen LogP contribution in [-0.2, 0) is 10.0 Å². The lowest BCUT2D eigenvalue weighted by Crippen LogP contribution is -2.43. The highest BCUT2D eigenvalue weighted by molar-refractivity contribution is 7.99. The van der Waals surface area contributed by atoms with Crippen molar-refractivity contribution in [1.82, 2.24) is 9.21 Å². The minimum Gasteiger partial charge on any atom is -0.299 e. The zero-order valence-corrected chi connectivity index (χ0v) is 17.5. The number of thioether (sulfide) groups is 1. The third kappa shape index (κ3) is 3.47. The molecule has 7 heteroatoms. The second-order valence-electron chi connectivity index (χ2n) is 7.28. The van der Waals surface area contributed by atoms with Crippen LogP contribution in [0, 0.1) is 0 Å². The van der Waals surface area contributed by atoms with Gasteiger partial charge in [0.15, 0.2) is 0 Å². The maximum absolute atomic E-state index is 13.2. The number of rotatable bonds is 5. The monoisotopic (exact) mass is 416 g/mol. The van der Waals surface area contributed by atoms with Gasteiger partial charge in [-0.3, -0.25) is 9.69 Å². The maximum atomic E-state index is 13.2. The molecule has 0 N–H and O–H groups in total. The van der Waals surface area contributed by atoms with E-state index in [1.54, 1.807) is 18.2 Å². The van der Waals surface area contributed by atoms with Gasteiger partial charge in [-0.25, -0.2) is 12.7 Å². The van der Waals surface area contributed by atoms with E-state index < -0.39 is 22.0 Å². The van der Waals surface area contributed by atoms with Gasteiger partial charge in [-0.2, -0.15) is 11.8 Å². The normalized spacial score (nSPS) is 22.8. The van der Waals surface area contributed by atoms with E-state index in [-0.39, 0.29) is 10.5 Å². The Morgan fingerprint density at radius 2 is 1.82 bits per heavy atom. The number of amides is 1. The summed E-state index contributed by atoms with van der Waals surface area (Å²) < 4.78 is 27.5. The Morgan fingerprint density at radius 1 is 1.11 bits per heavy atom. The average Bonchev–Trinajstić information content (AvgIpc) is 2.91. The molecule has 0 spiro atoms. The summed E-state index contributed by atoms with van der Waals surface area (Å²) in [5, 5.41) is 0. The van der Waals surface area contributed by atoms with E-state index in [1.165, 1.54) is 6.07 Å². The molecule has 1 fully saturated rings. The number of carbonyl (C=O) groups excluding carboxylic acids is 1. The van der Waals surface area contributed by atoms with Crippen LogP contribution in [0.15, 0.2) is 59.5 Å². The molecule has 2 aliphatic rings. The number of carbonyl (C=O) groups is 1. The second-order valence-corrected chi connectivity index (χ2v) is 10.2. The van der Waals surface area contributed by atoms with E-state index in [1.807, 2.05) is 42.1 Å². The second kappa shape index (κ2) is 7.89. The van der Waals surface area contributed by atoms with Gasteiger partial charge >= 0.3 is 0 Å². The van der Waals surface area contributed by atoms with Gasteiger partial charge in [-0.05, 0) is 31.0 Å². The molecule has 2 aromatic rings. The molecule has 148 valence electrons. The van der Waals surface area contributed by atoms with Crippen LogP contribution in [-0.4, -0.2) is 54.2 Å². The lowest BCUT2D eigenvalue weighted by Gasteiger charge is -2.35. The van der Waals surface area contributed by atoms with E-state index >= 15 is 0 Å². The lowest BCUT2D eigenvalue weighted by atomic mass is 10.0. The smallest absolute Gasteiger partial charge is 0.269 e. The summed E-state index contributed by atoms with van der Waals surface area (Å²) in [7, 11) is -3.85. The van der Waals surface area contributed by atoms with E-state index in [4.69, 9.17) is 0 Å². The Hall–Kier alpha value is -1.83. The van der Waals surface area contributed by atoms with Crippen LogP contribution >= 0.6 is 11.8 Å². The fourth-order valence-electron chi connectivity index (χ4n) is 3.99. The molecule has 4 rings (SSSR count). The van der Waals surface area contributed by atoms with Crippen molar-refractivity contribution in [2.75, 3.05) is 24.6 Å². The first-order chi connectivity index (χ1) is 13.5. The highest BCUT2D eigenvalue weighted by Gasteiger charge is 2.45. The van der Waals surface area contributed by atoms with Crippen molar-refractivity contribution < 1.29 is 13.2 Å². The first-order valence-electron chi connectivity index (χ1n) is 9.54. The zero-order valence-electron chi connectivity index (χ0n) is 15.8. The minimum atomic E-state index is -3.85. The molecule has 28 heavy (non-hydrogen) atoms. The predicted molar refractivity (Wildman–Crippen MR) is 112 cm³/mol. The molecule has 0 aromatic heterocycles. The molecule has 0 radical (unpaired) electrons. The van der Waals surface area contributed by atoms with Gasteiger partial charge in [0.25, 0.3) is 15.9 Å². The molecular weight excluding hydrogens is 392 g/mol. The molecule has 5 nitrogen and oxygen atoms in total. The Bertz CT molecular complexity index is 963. The summed E-state index contributed by atoms with van der Waals surface area (Å²) in [6, 6.07) is 15.9. The Labute approximate surface area is 170 Å². The third-order valence-electron chi connectivity index (χ3n) is 5.52. The van der Waals surface area contributed by atoms with Crippen molar-refractivity contribution in [3.63, 3.8) is 0 Å². The first kappa shape index (κ1) is 19.5. The Balaban J connectivity index is 1.67. The number of sulfonamides is 1. The number of fused-ring (bicyclic) bond motifs is 1. The summed E-state index contributed by atoms with van der Waals surface area (Å²) in [4.78, 5) is 15.6. The zero-order chi connectivity index (χ0) is 19.7. The van der Waals surface area contributed by atoms with Crippen molar-refractivity contribution in [2.45, 2.75) is 30.3 Å². The average molecular weight is 417 g/mol. The molecule has 0 bridgehead atoms. The SMILES string of the molecule is CC1CSCCN1CCC(c1ccccc1)N1C(=O)c2ccccc2S1(=O)=O. The van der Waals surface area contributed by atoms with Gasteiger partial charge in [-0.15, -0.1) is 0 Å². The van der Waals surface area contributed by atoms with Gasteiger partial charge < -0.3 is 0 Å². The molecule has 2 atom stereocenters. The highest BCUT2D eigenvalue weighted by Crippen LogP contribution is 2.38. The molecule has 1 saturated heterocycles. The standard InChI is InChI=1S/C21H24N2O3S2/c1-16-15-27-14-13-22(16)12-11-19(17-7-3-2-4-8-17)23-21(24)18-9-5-6-10-20(18)28(23,25)26/h2-10,16,19H,11-15H2,1H3. The molecule has 2 heterocycles. The summed E-state index contributed by atoms with van der Waals surface area (Å²) in [6.45, 7) is 3.96. The number of benzene rings is 2.